The smallest absolute Gasteiger partial charge is 0.0671 e. The molecule has 0 amide bonds. The standard InChI is InChI=1S/C32H28I2Si2/c1-35(2,31-15-7-11-23-17-21-9-5-13-29(33)25(21)19-27(23)31)36(3,4)32-16-8-12-24-18-22-10-6-14-30(34)26(22)20-28(24)32/h5-20H,1-4H3. The van der Waals surface area contributed by atoms with Gasteiger partial charge in [0.05, 0.1) is 15.2 Å². The molecule has 0 atom stereocenters. The van der Waals surface area contributed by atoms with Crippen LogP contribution in [0.3, 0.4) is 0 Å². The monoisotopic (exact) mass is 722 g/mol. The van der Waals surface area contributed by atoms with Crippen molar-refractivity contribution in [2.45, 2.75) is 26.2 Å². The third-order valence-corrected chi connectivity index (χ3v) is 28.1. The van der Waals surface area contributed by atoms with Gasteiger partial charge in [0.2, 0.25) is 0 Å². The van der Waals surface area contributed by atoms with Gasteiger partial charge in [0.15, 0.2) is 0 Å². The molecule has 0 bridgehead atoms. The normalized spacial score (nSPS) is 12.7. The number of rotatable bonds is 3. The van der Waals surface area contributed by atoms with Gasteiger partial charge in [-0.05, 0) is 125 Å². The summed E-state index contributed by atoms with van der Waals surface area (Å²) in [4.78, 5) is 0. The average Bonchev–Trinajstić information content (AvgIpc) is 2.86. The molecule has 0 N–H and O–H groups in total. The lowest BCUT2D eigenvalue weighted by atomic mass is 10.0. The van der Waals surface area contributed by atoms with E-state index >= 15 is 0 Å². The highest BCUT2D eigenvalue weighted by molar-refractivity contribution is 14.1. The van der Waals surface area contributed by atoms with Crippen molar-refractivity contribution < 1.29 is 0 Å². The molecule has 4 heteroatoms. The maximum absolute atomic E-state index is 2.62. The second kappa shape index (κ2) is 8.93. The van der Waals surface area contributed by atoms with Crippen LogP contribution in [0.4, 0.5) is 0 Å². The molecule has 0 saturated heterocycles. The molecule has 0 fully saturated rings. The van der Waals surface area contributed by atoms with Crippen LogP contribution in [0.15, 0.2) is 97.1 Å². The van der Waals surface area contributed by atoms with Crippen molar-refractivity contribution in [3.63, 3.8) is 0 Å². The Morgan fingerprint density at radius 1 is 0.417 bits per heavy atom. The van der Waals surface area contributed by atoms with Gasteiger partial charge < -0.3 is 0 Å². The van der Waals surface area contributed by atoms with Gasteiger partial charge in [0, 0.05) is 7.14 Å². The molecule has 6 aromatic rings. The van der Waals surface area contributed by atoms with Crippen LogP contribution in [0.2, 0.25) is 26.2 Å². The van der Waals surface area contributed by atoms with Gasteiger partial charge in [-0.15, -0.1) is 0 Å². The summed E-state index contributed by atoms with van der Waals surface area (Å²) in [5.74, 6) is 0. The fourth-order valence-electron chi connectivity index (χ4n) is 5.79. The molecule has 36 heavy (non-hydrogen) atoms. The van der Waals surface area contributed by atoms with Crippen molar-refractivity contribution in [2.75, 3.05) is 0 Å². The van der Waals surface area contributed by atoms with Crippen LogP contribution in [0.25, 0.3) is 43.1 Å². The van der Waals surface area contributed by atoms with Crippen LogP contribution in [-0.2, 0) is 0 Å². The van der Waals surface area contributed by atoms with Gasteiger partial charge in [-0.2, -0.15) is 0 Å². The van der Waals surface area contributed by atoms with E-state index in [1.165, 1.54) is 50.2 Å². The van der Waals surface area contributed by atoms with E-state index in [2.05, 4.69) is 168 Å². The molecular weight excluding hydrogens is 694 g/mol. The largest absolute Gasteiger partial charge is 0.0799 e. The highest BCUT2D eigenvalue weighted by atomic mass is 127. The molecule has 0 unspecified atom stereocenters. The van der Waals surface area contributed by atoms with Crippen LogP contribution in [-0.4, -0.2) is 15.2 Å². The van der Waals surface area contributed by atoms with Gasteiger partial charge in [-0.3, -0.25) is 0 Å². The van der Waals surface area contributed by atoms with Crippen LogP contribution in [0.1, 0.15) is 0 Å². The van der Waals surface area contributed by atoms with E-state index in [-0.39, 0.29) is 0 Å². The summed E-state index contributed by atoms with van der Waals surface area (Å²) >= 11 is 4.97. The predicted octanol–water partition coefficient (Wildman–Crippen LogP) is 9.12. The van der Waals surface area contributed by atoms with E-state index < -0.39 is 15.2 Å². The summed E-state index contributed by atoms with van der Waals surface area (Å²) in [7, 11) is -3.76. The molecule has 0 aliphatic rings. The van der Waals surface area contributed by atoms with Crippen LogP contribution < -0.4 is 10.4 Å². The first-order valence-corrected chi connectivity index (χ1v) is 21.6. The van der Waals surface area contributed by atoms with E-state index in [4.69, 9.17) is 0 Å². The minimum Gasteiger partial charge on any atom is -0.0671 e. The minimum atomic E-state index is -1.88. The molecule has 0 aromatic heterocycles. The van der Waals surface area contributed by atoms with Crippen molar-refractivity contribution in [1.82, 2.24) is 0 Å². The Kier molecular flexibility index (Phi) is 6.10. The molecular formula is C32H28I2Si2. The summed E-state index contributed by atoms with van der Waals surface area (Å²) in [6.07, 6.45) is 0. The number of halogens is 2. The summed E-state index contributed by atoms with van der Waals surface area (Å²) in [5, 5.41) is 14.2. The number of hydrogen-bond acceptors (Lipinski definition) is 0. The Morgan fingerprint density at radius 2 is 0.750 bits per heavy atom. The Hall–Kier alpha value is -1.75. The molecule has 0 spiro atoms. The third-order valence-electron chi connectivity index (χ3n) is 8.56. The number of benzene rings is 6. The Bertz CT molecular complexity index is 1680. The van der Waals surface area contributed by atoms with Crippen molar-refractivity contribution in [2.24, 2.45) is 0 Å². The second-order valence-corrected chi connectivity index (χ2v) is 28.3. The maximum Gasteiger partial charge on any atom is 0.0799 e. The van der Waals surface area contributed by atoms with Gasteiger partial charge >= 0.3 is 0 Å². The zero-order valence-corrected chi connectivity index (χ0v) is 27.3. The Balaban J connectivity index is 1.60. The Labute approximate surface area is 242 Å². The zero-order valence-electron chi connectivity index (χ0n) is 21.0. The zero-order chi connectivity index (χ0) is 25.2. The lowest BCUT2D eigenvalue weighted by Gasteiger charge is -2.40. The SMILES string of the molecule is C[Si](C)(c1cccc2cc3cccc(I)c3cc12)[Si](C)(C)c1cccc2cc3cccc(I)c3cc12. The van der Waals surface area contributed by atoms with E-state index in [1.54, 1.807) is 10.4 Å². The predicted molar refractivity (Wildman–Crippen MR) is 183 cm³/mol. The first-order valence-electron chi connectivity index (χ1n) is 12.4. The molecule has 6 rings (SSSR count). The van der Waals surface area contributed by atoms with Gasteiger partial charge in [-0.1, -0.05) is 97.2 Å². The first kappa shape index (κ1) is 24.6. The van der Waals surface area contributed by atoms with Crippen LogP contribution >= 0.6 is 45.2 Å². The van der Waals surface area contributed by atoms with Crippen LogP contribution in [0.5, 0.6) is 0 Å². The first-order chi connectivity index (χ1) is 17.2. The summed E-state index contributed by atoms with van der Waals surface area (Å²) in [6, 6.07) is 37.0. The highest BCUT2D eigenvalue weighted by Gasteiger charge is 2.45. The molecule has 6 aromatic carbocycles. The van der Waals surface area contributed by atoms with E-state index in [0.717, 1.165) is 0 Å². The van der Waals surface area contributed by atoms with E-state index in [9.17, 15) is 0 Å². The summed E-state index contributed by atoms with van der Waals surface area (Å²) in [6.45, 7) is 10.5. The molecule has 178 valence electrons. The van der Waals surface area contributed by atoms with E-state index in [1.807, 2.05) is 0 Å². The summed E-state index contributed by atoms with van der Waals surface area (Å²) < 4.78 is 2.65. The van der Waals surface area contributed by atoms with Gasteiger partial charge in [-0.25, -0.2) is 0 Å². The molecule has 0 aliphatic heterocycles. The average molecular weight is 723 g/mol. The quantitative estimate of drug-likeness (QED) is 0.0972. The third kappa shape index (κ3) is 3.78. The number of hydrogen-bond donors (Lipinski definition) is 0. The minimum absolute atomic E-state index is 1.33. The molecule has 0 heterocycles. The number of fused-ring (bicyclic) bond motifs is 4. The fraction of sp³-hybridized carbons (Fsp3) is 0.125. The topological polar surface area (TPSA) is 0 Å². The Morgan fingerprint density at radius 3 is 1.14 bits per heavy atom. The summed E-state index contributed by atoms with van der Waals surface area (Å²) in [5.41, 5.74) is 0. The lowest BCUT2D eigenvalue weighted by molar-refractivity contribution is 1.71. The van der Waals surface area contributed by atoms with Crippen molar-refractivity contribution in [1.29, 1.82) is 0 Å². The molecule has 0 nitrogen and oxygen atoms in total. The van der Waals surface area contributed by atoms with Crippen molar-refractivity contribution >= 4 is 114 Å². The molecule has 0 saturated carbocycles. The second-order valence-electron chi connectivity index (χ2n) is 10.9. The lowest BCUT2D eigenvalue weighted by Crippen LogP contribution is -2.69. The van der Waals surface area contributed by atoms with Crippen molar-refractivity contribution in [3.05, 3.63) is 104 Å². The fourth-order valence-corrected chi connectivity index (χ4v) is 16.6. The van der Waals surface area contributed by atoms with Gasteiger partial charge in [0.1, 0.15) is 0 Å². The highest BCUT2D eigenvalue weighted by Crippen LogP contribution is 2.32. The van der Waals surface area contributed by atoms with Gasteiger partial charge in [0.25, 0.3) is 0 Å². The molecule has 0 radical (unpaired) electrons. The van der Waals surface area contributed by atoms with Crippen molar-refractivity contribution in [3.8, 4) is 0 Å². The maximum atomic E-state index is 2.62. The van der Waals surface area contributed by atoms with Crippen LogP contribution in [0, 0.1) is 7.14 Å². The van der Waals surface area contributed by atoms with E-state index in [0.29, 0.717) is 0 Å². The molecule has 0 aliphatic carbocycles.